The SMILES string of the molecule is CC(C)Oc1ccccc1Cc1cnccc1N. The molecule has 0 saturated heterocycles. The lowest BCUT2D eigenvalue weighted by Crippen LogP contribution is -2.08. The maximum atomic E-state index is 5.94. The number of ether oxygens (including phenoxy) is 1. The van der Waals surface area contributed by atoms with Crippen molar-refractivity contribution in [3.63, 3.8) is 0 Å². The van der Waals surface area contributed by atoms with Crippen LogP contribution >= 0.6 is 0 Å². The van der Waals surface area contributed by atoms with Gasteiger partial charge in [0.05, 0.1) is 6.10 Å². The molecule has 0 radical (unpaired) electrons. The number of hydrogen-bond donors (Lipinski definition) is 1. The lowest BCUT2D eigenvalue weighted by Gasteiger charge is -2.14. The van der Waals surface area contributed by atoms with E-state index in [2.05, 4.69) is 11.1 Å². The van der Waals surface area contributed by atoms with Crippen LogP contribution in [-0.4, -0.2) is 11.1 Å². The monoisotopic (exact) mass is 242 g/mol. The van der Waals surface area contributed by atoms with Crippen molar-refractivity contribution in [3.05, 3.63) is 53.9 Å². The minimum atomic E-state index is 0.164. The Morgan fingerprint density at radius 1 is 1.17 bits per heavy atom. The van der Waals surface area contributed by atoms with Gasteiger partial charge in [-0.05, 0) is 37.1 Å². The highest BCUT2D eigenvalue weighted by Crippen LogP contribution is 2.24. The summed E-state index contributed by atoms with van der Waals surface area (Å²) >= 11 is 0. The molecular weight excluding hydrogens is 224 g/mol. The molecule has 1 aromatic heterocycles. The molecular formula is C15H18N2O. The van der Waals surface area contributed by atoms with Crippen LogP contribution in [0.2, 0.25) is 0 Å². The number of nitrogens with zero attached hydrogens (tertiary/aromatic N) is 1. The van der Waals surface area contributed by atoms with Gasteiger partial charge in [-0.15, -0.1) is 0 Å². The third-order valence-corrected chi connectivity index (χ3v) is 2.66. The highest BCUT2D eigenvalue weighted by molar-refractivity contribution is 5.48. The topological polar surface area (TPSA) is 48.1 Å². The molecule has 0 aliphatic rings. The van der Waals surface area contributed by atoms with Crippen molar-refractivity contribution < 1.29 is 4.74 Å². The van der Waals surface area contributed by atoms with Gasteiger partial charge in [0.15, 0.2) is 0 Å². The van der Waals surface area contributed by atoms with Crippen LogP contribution in [0, 0.1) is 0 Å². The van der Waals surface area contributed by atoms with E-state index < -0.39 is 0 Å². The molecule has 2 rings (SSSR count). The Labute approximate surface area is 108 Å². The predicted octanol–water partition coefficient (Wildman–Crippen LogP) is 3.04. The number of rotatable bonds is 4. The summed E-state index contributed by atoms with van der Waals surface area (Å²) in [6.45, 7) is 4.05. The van der Waals surface area contributed by atoms with Crippen LogP contribution in [-0.2, 0) is 6.42 Å². The fraction of sp³-hybridized carbons (Fsp3) is 0.267. The van der Waals surface area contributed by atoms with Gasteiger partial charge in [0.1, 0.15) is 5.75 Å². The number of benzene rings is 1. The second-order valence-electron chi connectivity index (χ2n) is 4.53. The number of para-hydroxylation sites is 1. The van der Waals surface area contributed by atoms with Crippen molar-refractivity contribution in [1.29, 1.82) is 0 Å². The van der Waals surface area contributed by atoms with Gasteiger partial charge < -0.3 is 10.5 Å². The normalized spacial score (nSPS) is 10.6. The van der Waals surface area contributed by atoms with E-state index in [-0.39, 0.29) is 6.10 Å². The number of anilines is 1. The number of pyridine rings is 1. The standard InChI is InChI=1S/C15H18N2O/c1-11(2)18-15-6-4-3-5-12(15)9-13-10-17-8-7-14(13)16/h3-8,10-11H,9H2,1-2H3,(H2,16,17). The first-order chi connectivity index (χ1) is 8.66. The van der Waals surface area contributed by atoms with Crippen LogP contribution in [0.5, 0.6) is 5.75 Å². The fourth-order valence-corrected chi connectivity index (χ4v) is 1.81. The number of nitrogens with two attached hydrogens (primary N) is 1. The lowest BCUT2D eigenvalue weighted by atomic mass is 10.0. The van der Waals surface area contributed by atoms with E-state index in [4.69, 9.17) is 10.5 Å². The Kier molecular flexibility index (Phi) is 3.82. The highest BCUT2D eigenvalue weighted by atomic mass is 16.5. The maximum absolute atomic E-state index is 5.94. The van der Waals surface area contributed by atoms with Crippen LogP contribution in [0.15, 0.2) is 42.7 Å². The first kappa shape index (κ1) is 12.4. The van der Waals surface area contributed by atoms with Crippen LogP contribution in [0.4, 0.5) is 5.69 Å². The van der Waals surface area contributed by atoms with Crippen molar-refractivity contribution in [3.8, 4) is 5.75 Å². The summed E-state index contributed by atoms with van der Waals surface area (Å²) in [5, 5.41) is 0. The summed E-state index contributed by atoms with van der Waals surface area (Å²) in [7, 11) is 0. The van der Waals surface area contributed by atoms with Crippen LogP contribution < -0.4 is 10.5 Å². The molecule has 0 spiro atoms. The second-order valence-corrected chi connectivity index (χ2v) is 4.53. The fourth-order valence-electron chi connectivity index (χ4n) is 1.81. The van der Waals surface area contributed by atoms with E-state index in [0.717, 1.165) is 29.0 Å². The van der Waals surface area contributed by atoms with Gasteiger partial charge in [-0.3, -0.25) is 4.98 Å². The van der Waals surface area contributed by atoms with Crippen LogP contribution in [0.1, 0.15) is 25.0 Å². The largest absolute Gasteiger partial charge is 0.491 e. The van der Waals surface area contributed by atoms with Crippen molar-refractivity contribution >= 4 is 5.69 Å². The molecule has 1 aromatic carbocycles. The predicted molar refractivity (Wildman–Crippen MR) is 73.7 cm³/mol. The van der Waals surface area contributed by atoms with E-state index in [1.165, 1.54) is 0 Å². The molecule has 0 saturated carbocycles. The molecule has 18 heavy (non-hydrogen) atoms. The zero-order chi connectivity index (χ0) is 13.0. The van der Waals surface area contributed by atoms with Crippen LogP contribution in [0.3, 0.4) is 0 Å². The van der Waals surface area contributed by atoms with Gasteiger partial charge >= 0.3 is 0 Å². The smallest absolute Gasteiger partial charge is 0.123 e. The minimum absolute atomic E-state index is 0.164. The highest BCUT2D eigenvalue weighted by Gasteiger charge is 2.07. The van der Waals surface area contributed by atoms with Crippen molar-refractivity contribution in [2.45, 2.75) is 26.4 Å². The zero-order valence-electron chi connectivity index (χ0n) is 10.8. The van der Waals surface area contributed by atoms with E-state index in [9.17, 15) is 0 Å². The zero-order valence-corrected chi connectivity index (χ0v) is 10.8. The Morgan fingerprint density at radius 3 is 2.67 bits per heavy atom. The number of nitrogen functional groups attached to an aromatic ring is 1. The summed E-state index contributed by atoms with van der Waals surface area (Å²) < 4.78 is 5.80. The van der Waals surface area contributed by atoms with Crippen molar-refractivity contribution in [1.82, 2.24) is 4.98 Å². The Hall–Kier alpha value is -2.03. The Morgan fingerprint density at radius 2 is 1.94 bits per heavy atom. The third kappa shape index (κ3) is 3.00. The summed E-state index contributed by atoms with van der Waals surface area (Å²) in [4.78, 5) is 4.11. The quantitative estimate of drug-likeness (QED) is 0.896. The Balaban J connectivity index is 2.26. The molecule has 3 nitrogen and oxygen atoms in total. The summed E-state index contributed by atoms with van der Waals surface area (Å²) in [6.07, 6.45) is 4.41. The molecule has 0 atom stereocenters. The Bertz CT molecular complexity index is 523. The van der Waals surface area contributed by atoms with E-state index in [0.29, 0.717) is 0 Å². The van der Waals surface area contributed by atoms with E-state index in [1.807, 2.05) is 44.3 Å². The molecule has 0 aliphatic heterocycles. The third-order valence-electron chi connectivity index (χ3n) is 2.66. The average Bonchev–Trinajstić information content (AvgIpc) is 2.34. The number of hydrogen-bond acceptors (Lipinski definition) is 3. The molecule has 0 aliphatic carbocycles. The second kappa shape index (κ2) is 5.54. The average molecular weight is 242 g/mol. The lowest BCUT2D eigenvalue weighted by molar-refractivity contribution is 0.240. The molecule has 2 aromatic rings. The van der Waals surface area contributed by atoms with E-state index in [1.54, 1.807) is 6.20 Å². The van der Waals surface area contributed by atoms with Gasteiger partial charge in [0.25, 0.3) is 0 Å². The molecule has 2 N–H and O–H groups in total. The molecule has 1 heterocycles. The van der Waals surface area contributed by atoms with Gasteiger partial charge in [-0.1, -0.05) is 18.2 Å². The van der Waals surface area contributed by atoms with Gasteiger partial charge in [-0.25, -0.2) is 0 Å². The van der Waals surface area contributed by atoms with Crippen LogP contribution in [0.25, 0.3) is 0 Å². The first-order valence-electron chi connectivity index (χ1n) is 6.09. The maximum Gasteiger partial charge on any atom is 0.123 e. The van der Waals surface area contributed by atoms with Gasteiger partial charge in [-0.2, -0.15) is 0 Å². The summed E-state index contributed by atoms with van der Waals surface area (Å²) in [6, 6.07) is 9.86. The van der Waals surface area contributed by atoms with Gasteiger partial charge in [0.2, 0.25) is 0 Å². The molecule has 0 fully saturated rings. The van der Waals surface area contributed by atoms with E-state index >= 15 is 0 Å². The molecule has 0 bridgehead atoms. The van der Waals surface area contributed by atoms with Gasteiger partial charge in [0, 0.05) is 24.5 Å². The first-order valence-corrected chi connectivity index (χ1v) is 6.09. The molecule has 3 heteroatoms. The number of aromatic nitrogens is 1. The summed E-state index contributed by atoms with van der Waals surface area (Å²) in [5.74, 6) is 0.913. The molecule has 94 valence electrons. The molecule has 0 amide bonds. The van der Waals surface area contributed by atoms with Crippen molar-refractivity contribution in [2.75, 3.05) is 5.73 Å². The molecule has 0 unspecified atom stereocenters. The van der Waals surface area contributed by atoms with Crippen molar-refractivity contribution in [2.24, 2.45) is 0 Å². The minimum Gasteiger partial charge on any atom is -0.491 e. The summed E-state index contributed by atoms with van der Waals surface area (Å²) in [5.41, 5.74) is 8.86.